The van der Waals surface area contributed by atoms with Gasteiger partial charge in [0.15, 0.2) is 0 Å². The van der Waals surface area contributed by atoms with Gasteiger partial charge in [-0.2, -0.15) is 15.4 Å². The molecule has 2 aromatic rings. The topological polar surface area (TPSA) is 62.8 Å². The first kappa shape index (κ1) is 11.6. The number of hydrogen-bond acceptors (Lipinski definition) is 4. The number of benzene rings is 1. The fraction of sp³-hybridized carbons (Fsp3) is 0.333. The average molecular weight is 232 g/mol. The molecule has 0 aliphatic carbocycles. The Morgan fingerprint density at radius 1 is 1.41 bits per heavy atom. The van der Waals surface area contributed by atoms with E-state index in [4.69, 9.17) is 4.74 Å². The Morgan fingerprint density at radius 2 is 2.24 bits per heavy atom. The van der Waals surface area contributed by atoms with Gasteiger partial charge in [0.05, 0.1) is 19.3 Å². The van der Waals surface area contributed by atoms with Crippen LogP contribution < -0.4 is 10.1 Å². The fourth-order valence-corrected chi connectivity index (χ4v) is 1.83. The van der Waals surface area contributed by atoms with Gasteiger partial charge in [-0.15, -0.1) is 0 Å². The molecule has 90 valence electrons. The Hall–Kier alpha value is -1.88. The summed E-state index contributed by atoms with van der Waals surface area (Å²) in [4.78, 5) is 0. The molecule has 0 saturated heterocycles. The summed E-state index contributed by atoms with van der Waals surface area (Å²) in [7, 11) is 1.67. The van der Waals surface area contributed by atoms with E-state index in [1.54, 1.807) is 13.3 Å². The van der Waals surface area contributed by atoms with Crippen molar-refractivity contribution in [2.75, 3.05) is 13.7 Å². The molecule has 2 N–H and O–H groups in total. The first-order chi connectivity index (χ1) is 8.36. The van der Waals surface area contributed by atoms with Gasteiger partial charge in [0.1, 0.15) is 11.4 Å². The van der Waals surface area contributed by atoms with Crippen LogP contribution in [0.3, 0.4) is 0 Å². The van der Waals surface area contributed by atoms with E-state index in [2.05, 4.69) is 27.7 Å². The lowest BCUT2D eigenvalue weighted by atomic mass is 10.0. The highest BCUT2D eigenvalue weighted by Gasteiger charge is 2.18. The van der Waals surface area contributed by atoms with Crippen LogP contribution in [0.25, 0.3) is 0 Å². The predicted octanol–water partition coefficient (Wildman–Crippen LogP) is 1.51. The summed E-state index contributed by atoms with van der Waals surface area (Å²) < 4.78 is 5.37. The van der Waals surface area contributed by atoms with Crippen molar-refractivity contribution in [3.05, 3.63) is 41.7 Å². The molecule has 0 aliphatic heterocycles. The number of rotatable bonds is 5. The molecule has 0 radical (unpaired) electrons. The Bertz CT molecular complexity index is 455. The number of ether oxygens (including phenoxy) is 1. The maximum atomic E-state index is 5.37. The van der Waals surface area contributed by atoms with Crippen LogP contribution in [0, 0.1) is 0 Å². The SMILES string of the molecule is CCNC(c1cn[nH]n1)c1ccccc1OC. The highest BCUT2D eigenvalue weighted by molar-refractivity contribution is 5.39. The monoisotopic (exact) mass is 232 g/mol. The smallest absolute Gasteiger partial charge is 0.124 e. The lowest BCUT2D eigenvalue weighted by Crippen LogP contribution is -2.22. The predicted molar refractivity (Wildman–Crippen MR) is 64.9 cm³/mol. The van der Waals surface area contributed by atoms with E-state index in [0.717, 1.165) is 23.6 Å². The van der Waals surface area contributed by atoms with E-state index in [9.17, 15) is 0 Å². The van der Waals surface area contributed by atoms with Crippen molar-refractivity contribution in [2.24, 2.45) is 0 Å². The van der Waals surface area contributed by atoms with Gasteiger partial charge in [0, 0.05) is 5.56 Å². The van der Waals surface area contributed by atoms with Crippen LogP contribution in [0.15, 0.2) is 30.5 Å². The molecular formula is C12H16N4O. The van der Waals surface area contributed by atoms with Gasteiger partial charge in [0.2, 0.25) is 0 Å². The molecule has 1 heterocycles. The second-order valence-corrected chi connectivity index (χ2v) is 3.63. The Balaban J connectivity index is 2.39. The van der Waals surface area contributed by atoms with Crippen molar-refractivity contribution < 1.29 is 4.74 Å². The number of nitrogens with one attached hydrogen (secondary N) is 2. The number of methoxy groups -OCH3 is 1. The zero-order valence-electron chi connectivity index (χ0n) is 9.97. The van der Waals surface area contributed by atoms with Crippen LogP contribution >= 0.6 is 0 Å². The second kappa shape index (κ2) is 5.45. The molecule has 2 rings (SSSR count). The number of para-hydroxylation sites is 1. The third-order valence-electron chi connectivity index (χ3n) is 2.59. The third kappa shape index (κ3) is 2.45. The molecule has 1 atom stereocenters. The van der Waals surface area contributed by atoms with Crippen LogP contribution in [-0.4, -0.2) is 29.1 Å². The minimum atomic E-state index is -0.00472. The molecule has 17 heavy (non-hydrogen) atoms. The molecule has 1 aromatic carbocycles. The van der Waals surface area contributed by atoms with Crippen molar-refractivity contribution in [3.8, 4) is 5.75 Å². The molecule has 0 spiro atoms. The highest BCUT2D eigenvalue weighted by Crippen LogP contribution is 2.28. The summed E-state index contributed by atoms with van der Waals surface area (Å²) in [6.45, 7) is 2.90. The molecule has 0 bridgehead atoms. The van der Waals surface area contributed by atoms with Crippen molar-refractivity contribution in [2.45, 2.75) is 13.0 Å². The third-order valence-corrected chi connectivity index (χ3v) is 2.59. The number of aromatic nitrogens is 3. The maximum Gasteiger partial charge on any atom is 0.124 e. The molecule has 0 saturated carbocycles. The van der Waals surface area contributed by atoms with Gasteiger partial charge >= 0.3 is 0 Å². The minimum absolute atomic E-state index is 0.00472. The van der Waals surface area contributed by atoms with Crippen LogP contribution in [0.5, 0.6) is 5.75 Å². The van der Waals surface area contributed by atoms with E-state index in [1.165, 1.54) is 0 Å². The summed E-state index contributed by atoms with van der Waals surface area (Å²) in [6.07, 6.45) is 1.72. The van der Waals surface area contributed by atoms with Crippen LogP contribution in [-0.2, 0) is 0 Å². The van der Waals surface area contributed by atoms with Crippen molar-refractivity contribution in [1.82, 2.24) is 20.7 Å². The molecule has 5 nitrogen and oxygen atoms in total. The van der Waals surface area contributed by atoms with E-state index in [0.29, 0.717) is 0 Å². The van der Waals surface area contributed by atoms with Crippen molar-refractivity contribution in [1.29, 1.82) is 0 Å². The summed E-state index contributed by atoms with van der Waals surface area (Å²) in [5, 5.41) is 14.0. The standard InChI is InChI=1S/C12H16N4O/c1-3-13-12(10-8-14-16-15-10)9-6-4-5-7-11(9)17-2/h4-8,12-13H,3H2,1-2H3,(H,14,15,16). The zero-order chi connectivity index (χ0) is 12.1. The summed E-state index contributed by atoms with van der Waals surface area (Å²) in [5.41, 5.74) is 1.92. The lowest BCUT2D eigenvalue weighted by molar-refractivity contribution is 0.404. The zero-order valence-corrected chi connectivity index (χ0v) is 9.97. The van der Waals surface area contributed by atoms with E-state index >= 15 is 0 Å². The first-order valence-electron chi connectivity index (χ1n) is 5.58. The number of H-pyrrole nitrogens is 1. The van der Waals surface area contributed by atoms with E-state index in [1.807, 2.05) is 24.3 Å². The van der Waals surface area contributed by atoms with Gasteiger partial charge in [-0.1, -0.05) is 25.1 Å². The number of aromatic amines is 1. The molecule has 0 amide bonds. The highest BCUT2D eigenvalue weighted by atomic mass is 16.5. The summed E-state index contributed by atoms with van der Waals surface area (Å²) >= 11 is 0. The molecule has 1 unspecified atom stereocenters. The summed E-state index contributed by atoms with van der Waals surface area (Å²) in [6, 6.07) is 7.91. The largest absolute Gasteiger partial charge is 0.496 e. The van der Waals surface area contributed by atoms with E-state index < -0.39 is 0 Å². The molecular weight excluding hydrogens is 216 g/mol. The number of nitrogens with zero attached hydrogens (tertiary/aromatic N) is 2. The Morgan fingerprint density at radius 3 is 2.88 bits per heavy atom. The Kier molecular flexibility index (Phi) is 3.72. The first-order valence-corrected chi connectivity index (χ1v) is 5.58. The van der Waals surface area contributed by atoms with Gasteiger partial charge in [-0.3, -0.25) is 0 Å². The van der Waals surface area contributed by atoms with Crippen molar-refractivity contribution >= 4 is 0 Å². The molecule has 0 fully saturated rings. The maximum absolute atomic E-state index is 5.37. The number of hydrogen-bond donors (Lipinski definition) is 2. The van der Waals surface area contributed by atoms with Gasteiger partial charge < -0.3 is 10.1 Å². The molecule has 0 aliphatic rings. The fourth-order valence-electron chi connectivity index (χ4n) is 1.83. The summed E-state index contributed by atoms with van der Waals surface area (Å²) in [5.74, 6) is 0.849. The van der Waals surface area contributed by atoms with Crippen LogP contribution in [0.1, 0.15) is 24.2 Å². The van der Waals surface area contributed by atoms with Crippen molar-refractivity contribution in [3.63, 3.8) is 0 Å². The van der Waals surface area contributed by atoms with Crippen LogP contribution in [0.2, 0.25) is 0 Å². The quantitative estimate of drug-likeness (QED) is 0.820. The second-order valence-electron chi connectivity index (χ2n) is 3.63. The normalized spacial score (nSPS) is 12.4. The molecule has 5 heteroatoms. The van der Waals surface area contributed by atoms with Gasteiger partial charge in [0.25, 0.3) is 0 Å². The Labute approximate surface area is 100 Å². The average Bonchev–Trinajstić information content (AvgIpc) is 2.89. The minimum Gasteiger partial charge on any atom is -0.496 e. The van der Waals surface area contributed by atoms with Crippen LogP contribution in [0.4, 0.5) is 0 Å². The lowest BCUT2D eigenvalue weighted by Gasteiger charge is -2.18. The van der Waals surface area contributed by atoms with Gasteiger partial charge in [-0.05, 0) is 12.6 Å². The van der Waals surface area contributed by atoms with E-state index in [-0.39, 0.29) is 6.04 Å². The molecule has 1 aromatic heterocycles. The van der Waals surface area contributed by atoms with Gasteiger partial charge in [-0.25, -0.2) is 0 Å².